The van der Waals surface area contributed by atoms with E-state index in [0.29, 0.717) is 0 Å². The molecule has 4 nitrogen and oxygen atoms in total. The standard InChI is InChI=1S/C16H25NO3/c1-9(2)15(17-8-13(18)19)16(20)14-11(4)6-10(3)7-12(14)5/h6-7,9,15-17,20H,8H2,1-5H3,(H,18,19). The highest BCUT2D eigenvalue weighted by molar-refractivity contribution is 5.69. The van der Waals surface area contributed by atoms with Crippen LogP contribution in [0.15, 0.2) is 12.1 Å². The van der Waals surface area contributed by atoms with E-state index in [9.17, 15) is 9.90 Å². The number of aryl methyl sites for hydroxylation is 3. The summed E-state index contributed by atoms with van der Waals surface area (Å²) in [6, 6.07) is 3.80. The summed E-state index contributed by atoms with van der Waals surface area (Å²) in [5, 5.41) is 22.4. The molecule has 3 N–H and O–H groups in total. The second kappa shape index (κ2) is 6.86. The summed E-state index contributed by atoms with van der Waals surface area (Å²) in [5.41, 5.74) is 4.14. The topological polar surface area (TPSA) is 69.6 Å². The average Bonchev–Trinajstić information content (AvgIpc) is 2.26. The highest BCUT2D eigenvalue weighted by Gasteiger charge is 2.26. The van der Waals surface area contributed by atoms with Crippen molar-refractivity contribution in [2.45, 2.75) is 46.8 Å². The van der Waals surface area contributed by atoms with Gasteiger partial charge in [0.25, 0.3) is 0 Å². The molecule has 0 radical (unpaired) electrons. The normalized spacial score (nSPS) is 14.3. The minimum Gasteiger partial charge on any atom is -0.480 e. The Labute approximate surface area is 120 Å². The van der Waals surface area contributed by atoms with Crippen molar-refractivity contribution in [3.8, 4) is 0 Å². The lowest BCUT2D eigenvalue weighted by atomic mass is 9.87. The number of hydrogen-bond donors (Lipinski definition) is 3. The third-order valence-electron chi connectivity index (χ3n) is 3.58. The first-order valence-corrected chi connectivity index (χ1v) is 6.95. The number of aliphatic hydroxyl groups is 1. The molecule has 0 saturated carbocycles. The van der Waals surface area contributed by atoms with E-state index in [0.717, 1.165) is 22.3 Å². The minimum absolute atomic E-state index is 0.129. The van der Waals surface area contributed by atoms with E-state index in [-0.39, 0.29) is 18.5 Å². The zero-order chi connectivity index (χ0) is 15.4. The molecule has 0 saturated heterocycles. The Kier molecular flexibility index (Phi) is 5.72. The van der Waals surface area contributed by atoms with Crippen LogP contribution in [0.1, 0.15) is 42.2 Å². The van der Waals surface area contributed by atoms with Crippen LogP contribution in [0.2, 0.25) is 0 Å². The van der Waals surface area contributed by atoms with Crippen molar-refractivity contribution < 1.29 is 15.0 Å². The number of carboxylic acid groups (broad SMARTS) is 1. The SMILES string of the molecule is Cc1cc(C)c(C(O)C(NCC(=O)O)C(C)C)c(C)c1. The molecular formula is C16H25NO3. The Hall–Kier alpha value is -1.39. The van der Waals surface area contributed by atoms with E-state index in [1.165, 1.54) is 0 Å². The van der Waals surface area contributed by atoms with Crippen molar-refractivity contribution in [1.82, 2.24) is 5.32 Å². The lowest BCUT2D eigenvalue weighted by molar-refractivity contribution is -0.136. The zero-order valence-corrected chi connectivity index (χ0v) is 12.9. The van der Waals surface area contributed by atoms with Crippen LogP contribution in [0, 0.1) is 26.7 Å². The molecule has 0 bridgehead atoms. The highest BCUT2D eigenvalue weighted by atomic mass is 16.4. The molecule has 4 heteroatoms. The van der Waals surface area contributed by atoms with Gasteiger partial charge in [-0.1, -0.05) is 31.5 Å². The summed E-state index contributed by atoms with van der Waals surface area (Å²) in [6.45, 7) is 9.78. The van der Waals surface area contributed by atoms with Crippen molar-refractivity contribution in [2.24, 2.45) is 5.92 Å². The third-order valence-corrected chi connectivity index (χ3v) is 3.58. The number of benzene rings is 1. The van der Waals surface area contributed by atoms with Crippen LogP contribution in [-0.4, -0.2) is 28.8 Å². The molecule has 20 heavy (non-hydrogen) atoms. The second-order valence-corrected chi connectivity index (χ2v) is 5.80. The van der Waals surface area contributed by atoms with Gasteiger partial charge in [-0.2, -0.15) is 0 Å². The first-order valence-electron chi connectivity index (χ1n) is 6.95. The van der Waals surface area contributed by atoms with Gasteiger partial charge in [0.05, 0.1) is 12.6 Å². The lowest BCUT2D eigenvalue weighted by Gasteiger charge is -2.29. The Morgan fingerprint density at radius 2 is 1.70 bits per heavy atom. The molecule has 0 aliphatic rings. The molecule has 2 unspecified atom stereocenters. The first-order chi connectivity index (χ1) is 9.23. The van der Waals surface area contributed by atoms with Crippen LogP contribution in [0.4, 0.5) is 0 Å². The van der Waals surface area contributed by atoms with Crippen molar-refractivity contribution in [2.75, 3.05) is 6.54 Å². The van der Waals surface area contributed by atoms with Gasteiger partial charge in [-0.15, -0.1) is 0 Å². The van der Waals surface area contributed by atoms with Crippen LogP contribution in [-0.2, 0) is 4.79 Å². The van der Waals surface area contributed by atoms with E-state index in [2.05, 4.69) is 5.32 Å². The summed E-state index contributed by atoms with van der Waals surface area (Å²) < 4.78 is 0. The molecule has 0 heterocycles. The molecule has 2 atom stereocenters. The Morgan fingerprint density at radius 1 is 1.20 bits per heavy atom. The predicted octanol–water partition coefficient (Wildman–Crippen LogP) is 2.34. The third kappa shape index (κ3) is 4.05. The van der Waals surface area contributed by atoms with E-state index >= 15 is 0 Å². The van der Waals surface area contributed by atoms with E-state index in [1.54, 1.807) is 0 Å². The smallest absolute Gasteiger partial charge is 0.317 e. The van der Waals surface area contributed by atoms with Gasteiger partial charge in [-0.25, -0.2) is 0 Å². The molecule has 1 aromatic carbocycles. The van der Waals surface area contributed by atoms with Gasteiger partial charge in [0.1, 0.15) is 0 Å². The Morgan fingerprint density at radius 3 is 2.10 bits per heavy atom. The molecule has 0 aliphatic heterocycles. The summed E-state index contributed by atoms with van der Waals surface area (Å²) in [5.74, 6) is -0.787. The van der Waals surface area contributed by atoms with Gasteiger partial charge < -0.3 is 15.5 Å². The van der Waals surface area contributed by atoms with Crippen LogP contribution >= 0.6 is 0 Å². The number of aliphatic carboxylic acids is 1. The molecule has 1 rings (SSSR count). The predicted molar refractivity (Wildman–Crippen MR) is 79.9 cm³/mol. The maximum absolute atomic E-state index is 10.7. The summed E-state index contributed by atoms with van der Waals surface area (Å²) >= 11 is 0. The van der Waals surface area contributed by atoms with Gasteiger partial charge in [0, 0.05) is 6.04 Å². The van der Waals surface area contributed by atoms with Gasteiger partial charge in [-0.05, 0) is 43.4 Å². The van der Waals surface area contributed by atoms with Gasteiger partial charge in [-0.3, -0.25) is 4.79 Å². The van der Waals surface area contributed by atoms with Gasteiger partial charge >= 0.3 is 5.97 Å². The zero-order valence-electron chi connectivity index (χ0n) is 12.9. The van der Waals surface area contributed by atoms with Gasteiger partial charge in [0.15, 0.2) is 0 Å². The lowest BCUT2D eigenvalue weighted by Crippen LogP contribution is -2.42. The molecule has 0 amide bonds. The van der Waals surface area contributed by atoms with Crippen LogP contribution in [0.25, 0.3) is 0 Å². The van der Waals surface area contributed by atoms with Crippen LogP contribution < -0.4 is 5.32 Å². The van der Waals surface area contributed by atoms with Crippen LogP contribution in [0.5, 0.6) is 0 Å². The van der Waals surface area contributed by atoms with Crippen molar-refractivity contribution in [1.29, 1.82) is 0 Å². The fourth-order valence-corrected chi connectivity index (χ4v) is 2.75. The van der Waals surface area contributed by atoms with Crippen molar-refractivity contribution in [3.05, 3.63) is 34.4 Å². The molecule has 0 fully saturated rings. The average molecular weight is 279 g/mol. The molecule has 0 spiro atoms. The monoisotopic (exact) mass is 279 g/mol. The quantitative estimate of drug-likeness (QED) is 0.747. The number of carboxylic acids is 1. The molecule has 1 aromatic rings. The number of hydrogen-bond acceptors (Lipinski definition) is 3. The van der Waals surface area contributed by atoms with Crippen molar-refractivity contribution >= 4 is 5.97 Å². The highest BCUT2D eigenvalue weighted by Crippen LogP contribution is 2.28. The fourth-order valence-electron chi connectivity index (χ4n) is 2.75. The molecule has 0 aliphatic carbocycles. The van der Waals surface area contributed by atoms with Crippen molar-refractivity contribution in [3.63, 3.8) is 0 Å². The van der Waals surface area contributed by atoms with E-state index < -0.39 is 12.1 Å². The summed E-state index contributed by atoms with van der Waals surface area (Å²) in [4.78, 5) is 10.7. The maximum atomic E-state index is 10.7. The summed E-state index contributed by atoms with van der Waals surface area (Å²) in [6.07, 6.45) is -0.713. The fraction of sp³-hybridized carbons (Fsp3) is 0.562. The van der Waals surface area contributed by atoms with Crippen LogP contribution in [0.3, 0.4) is 0 Å². The molecule has 0 aromatic heterocycles. The molecule has 112 valence electrons. The largest absolute Gasteiger partial charge is 0.480 e. The maximum Gasteiger partial charge on any atom is 0.317 e. The number of aliphatic hydroxyl groups excluding tert-OH is 1. The first kappa shape index (κ1) is 16.7. The van der Waals surface area contributed by atoms with E-state index in [4.69, 9.17) is 5.11 Å². The van der Waals surface area contributed by atoms with Gasteiger partial charge in [0.2, 0.25) is 0 Å². The minimum atomic E-state index is -0.916. The number of nitrogens with one attached hydrogen (secondary N) is 1. The Bertz CT molecular complexity index is 460. The molecular weight excluding hydrogens is 254 g/mol. The summed E-state index contributed by atoms with van der Waals surface area (Å²) in [7, 11) is 0. The second-order valence-electron chi connectivity index (χ2n) is 5.80. The Balaban J connectivity index is 3.06. The van der Waals surface area contributed by atoms with E-state index in [1.807, 2.05) is 46.8 Å². The number of carbonyl (C=O) groups is 1. The number of rotatable bonds is 6.